The van der Waals surface area contributed by atoms with E-state index in [1.165, 1.54) is 44.8 Å². The second kappa shape index (κ2) is 6.16. The van der Waals surface area contributed by atoms with Crippen LogP contribution in [0.1, 0.15) is 47.2 Å². The highest BCUT2D eigenvalue weighted by Crippen LogP contribution is 2.38. The van der Waals surface area contributed by atoms with Crippen LogP contribution in [0, 0.1) is 41.5 Å². The van der Waals surface area contributed by atoms with E-state index in [1.807, 2.05) is 0 Å². The molecule has 0 heterocycles. The molecule has 0 unspecified atom stereocenters. The Bertz CT molecular complexity index is 592. The smallest absolute Gasteiger partial charge is 0.0472 e. The molecule has 0 N–H and O–H groups in total. The van der Waals surface area contributed by atoms with Gasteiger partial charge in [0.25, 0.3) is 0 Å². The zero-order valence-corrected chi connectivity index (χ0v) is 15.3. The lowest BCUT2D eigenvalue weighted by atomic mass is 9.98. The first-order valence-electron chi connectivity index (χ1n) is 8.17. The molecule has 0 bridgehead atoms. The van der Waals surface area contributed by atoms with E-state index in [0.717, 1.165) is 0 Å². The van der Waals surface area contributed by atoms with Crippen molar-refractivity contribution in [3.63, 3.8) is 0 Å². The predicted octanol–water partition coefficient (Wildman–Crippen LogP) is 6.08. The maximum atomic E-state index is 2.51. The fourth-order valence-electron chi connectivity index (χ4n) is 3.73. The normalized spacial score (nSPS) is 11.1. The van der Waals surface area contributed by atoms with Gasteiger partial charge in [0.1, 0.15) is 0 Å². The lowest BCUT2D eigenvalue weighted by Crippen LogP contribution is -2.28. The molecule has 0 fully saturated rings. The molecule has 1 heteroatoms. The first kappa shape index (κ1) is 16.6. The number of hydrogen-bond acceptors (Lipinski definition) is 1. The first-order valence-corrected chi connectivity index (χ1v) is 8.17. The van der Waals surface area contributed by atoms with Gasteiger partial charge in [-0.1, -0.05) is 35.4 Å². The Labute approximate surface area is 136 Å². The molecule has 0 amide bonds. The fourth-order valence-corrected chi connectivity index (χ4v) is 3.73. The third-order valence-electron chi connectivity index (χ3n) is 4.27. The zero-order chi connectivity index (χ0) is 16.6. The van der Waals surface area contributed by atoms with Gasteiger partial charge in [0.05, 0.1) is 0 Å². The van der Waals surface area contributed by atoms with Gasteiger partial charge in [-0.05, 0) is 77.6 Å². The van der Waals surface area contributed by atoms with E-state index in [0.29, 0.717) is 6.04 Å². The van der Waals surface area contributed by atoms with E-state index in [-0.39, 0.29) is 0 Å². The monoisotopic (exact) mass is 295 g/mol. The van der Waals surface area contributed by atoms with Crippen molar-refractivity contribution in [1.29, 1.82) is 0 Å². The average molecular weight is 295 g/mol. The van der Waals surface area contributed by atoms with E-state index in [1.54, 1.807) is 0 Å². The van der Waals surface area contributed by atoms with Gasteiger partial charge < -0.3 is 4.90 Å². The van der Waals surface area contributed by atoms with Crippen molar-refractivity contribution in [1.82, 2.24) is 0 Å². The third-order valence-corrected chi connectivity index (χ3v) is 4.27. The summed E-state index contributed by atoms with van der Waals surface area (Å²) in [7, 11) is 0. The summed E-state index contributed by atoms with van der Waals surface area (Å²) in [5, 5.41) is 0. The minimum Gasteiger partial charge on any atom is -0.338 e. The highest BCUT2D eigenvalue weighted by Gasteiger charge is 2.21. The minimum atomic E-state index is 0.417. The molecule has 0 saturated heterocycles. The Morgan fingerprint density at radius 1 is 0.591 bits per heavy atom. The quantitative estimate of drug-likeness (QED) is 0.663. The van der Waals surface area contributed by atoms with Crippen LogP contribution >= 0.6 is 0 Å². The maximum Gasteiger partial charge on any atom is 0.0472 e. The van der Waals surface area contributed by atoms with Crippen molar-refractivity contribution in [2.45, 2.75) is 61.4 Å². The Kier molecular flexibility index (Phi) is 4.65. The third kappa shape index (κ3) is 3.04. The van der Waals surface area contributed by atoms with Crippen LogP contribution < -0.4 is 4.90 Å². The molecule has 2 aromatic carbocycles. The number of hydrogen-bond donors (Lipinski definition) is 0. The van der Waals surface area contributed by atoms with Crippen LogP contribution in [0.25, 0.3) is 0 Å². The van der Waals surface area contributed by atoms with Gasteiger partial charge in [0.15, 0.2) is 0 Å². The van der Waals surface area contributed by atoms with Crippen LogP contribution in [0.2, 0.25) is 0 Å². The summed E-state index contributed by atoms with van der Waals surface area (Å²) in [4.78, 5) is 2.51. The predicted molar refractivity (Wildman–Crippen MR) is 98.6 cm³/mol. The van der Waals surface area contributed by atoms with Crippen molar-refractivity contribution in [2.75, 3.05) is 4.90 Å². The van der Waals surface area contributed by atoms with E-state index in [2.05, 4.69) is 84.6 Å². The number of nitrogens with zero attached hydrogens (tertiary/aromatic N) is 1. The Hall–Kier alpha value is -1.76. The van der Waals surface area contributed by atoms with Crippen LogP contribution in [0.5, 0.6) is 0 Å². The first-order chi connectivity index (χ1) is 10.2. The molecule has 0 radical (unpaired) electrons. The van der Waals surface area contributed by atoms with Gasteiger partial charge >= 0.3 is 0 Å². The van der Waals surface area contributed by atoms with E-state index in [9.17, 15) is 0 Å². The molecule has 2 rings (SSSR count). The van der Waals surface area contributed by atoms with Crippen LogP contribution in [0.4, 0.5) is 11.4 Å². The second-order valence-corrected chi connectivity index (χ2v) is 6.96. The average Bonchev–Trinajstić information content (AvgIpc) is 2.34. The largest absolute Gasteiger partial charge is 0.338 e. The van der Waals surface area contributed by atoms with Crippen molar-refractivity contribution < 1.29 is 0 Å². The molecule has 0 saturated carbocycles. The summed E-state index contributed by atoms with van der Waals surface area (Å²) in [6, 6.07) is 9.57. The number of benzene rings is 2. The van der Waals surface area contributed by atoms with Crippen LogP contribution in [-0.4, -0.2) is 6.04 Å². The molecule has 0 aliphatic carbocycles. The summed E-state index contributed by atoms with van der Waals surface area (Å²) in [5.74, 6) is 0. The Morgan fingerprint density at radius 3 is 1.09 bits per heavy atom. The highest BCUT2D eigenvalue weighted by atomic mass is 15.2. The molecule has 2 aromatic rings. The van der Waals surface area contributed by atoms with Gasteiger partial charge in [-0.15, -0.1) is 0 Å². The number of rotatable bonds is 3. The standard InChI is InChI=1S/C21H29N/c1-13(2)22(20-16(5)9-14(3)10-17(20)6)21-18(7)11-15(4)12-19(21)8/h9-13H,1-8H3. The zero-order valence-electron chi connectivity index (χ0n) is 15.3. The van der Waals surface area contributed by atoms with Crippen LogP contribution in [0.15, 0.2) is 24.3 Å². The molecule has 22 heavy (non-hydrogen) atoms. The van der Waals surface area contributed by atoms with Crippen molar-refractivity contribution in [2.24, 2.45) is 0 Å². The Balaban J connectivity index is 2.73. The minimum absolute atomic E-state index is 0.417. The highest BCUT2D eigenvalue weighted by molar-refractivity contribution is 5.75. The molecular formula is C21H29N. The Morgan fingerprint density at radius 2 is 0.864 bits per heavy atom. The SMILES string of the molecule is Cc1cc(C)c(N(c2c(C)cc(C)cc2C)C(C)C)c(C)c1. The topological polar surface area (TPSA) is 3.24 Å². The summed E-state index contributed by atoms with van der Waals surface area (Å²) < 4.78 is 0. The van der Waals surface area contributed by atoms with Gasteiger partial charge in [0, 0.05) is 17.4 Å². The van der Waals surface area contributed by atoms with Crippen molar-refractivity contribution in [3.8, 4) is 0 Å². The summed E-state index contributed by atoms with van der Waals surface area (Å²) >= 11 is 0. The molecule has 118 valence electrons. The molecule has 0 aromatic heterocycles. The number of aryl methyl sites for hydroxylation is 6. The van der Waals surface area contributed by atoms with Crippen LogP contribution in [-0.2, 0) is 0 Å². The van der Waals surface area contributed by atoms with Gasteiger partial charge in [-0.2, -0.15) is 0 Å². The fraction of sp³-hybridized carbons (Fsp3) is 0.429. The summed E-state index contributed by atoms with van der Waals surface area (Å²) in [6.45, 7) is 17.8. The molecular weight excluding hydrogens is 266 g/mol. The maximum absolute atomic E-state index is 2.51. The molecule has 0 atom stereocenters. The summed E-state index contributed by atoms with van der Waals surface area (Å²) in [6.07, 6.45) is 0. The van der Waals surface area contributed by atoms with E-state index in [4.69, 9.17) is 0 Å². The summed E-state index contributed by atoms with van der Waals surface area (Å²) in [5.41, 5.74) is 10.8. The lowest BCUT2D eigenvalue weighted by Gasteiger charge is -2.35. The molecule has 0 aliphatic rings. The number of anilines is 2. The molecule has 0 spiro atoms. The van der Waals surface area contributed by atoms with Crippen molar-refractivity contribution >= 4 is 11.4 Å². The van der Waals surface area contributed by atoms with Crippen LogP contribution in [0.3, 0.4) is 0 Å². The second-order valence-electron chi connectivity index (χ2n) is 6.96. The lowest BCUT2D eigenvalue weighted by molar-refractivity contribution is 0.778. The van der Waals surface area contributed by atoms with E-state index >= 15 is 0 Å². The molecule has 0 aliphatic heterocycles. The van der Waals surface area contributed by atoms with Crippen molar-refractivity contribution in [3.05, 3.63) is 57.6 Å². The molecule has 1 nitrogen and oxygen atoms in total. The van der Waals surface area contributed by atoms with E-state index < -0.39 is 0 Å². The van der Waals surface area contributed by atoms with Gasteiger partial charge in [-0.3, -0.25) is 0 Å². The van der Waals surface area contributed by atoms with Gasteiger partial charge in [0.2, 0.25) is 0 Å². The van der Waals surface area contributed by atoms with Gasteiger partial charge in [-0.25, -0.2) is 0 Å².